The average Bonchev–Trinajstić information content (AvgIpc) is 2.86. The third-order valence-corrected chi connectivity index (χ3v) is 3.26. The molecule has 19 heavy (non-hydrogen) atoms. The summed E-state index contributed by atoms with van der Waals surface area (Å²) in [5.74, 6) is 0. The molecule has 1 heterocycles. The molecule has 1 aromatic carbocycles. The maximum absolute atomic E-state index is 4.23. The van der Waals surface area contributed by atoms with Crippen LogP contribution in [0, 0.1) is 0 Å². The molecule has 2 aromatic rings. The highest BCUT2D eigenvalue weighted by atomic mass is 15.1. The van der Waals surface area contributed by atoms with Crippen molar-refractivity contribution in [2.45, 2.75) is 46.2 Å². The van der Waals surface area contributed by atoms with Gasteiger partial charge in [0, 0.05) is 18.4 Å². The highest BCUT2D eigenvalue weighted by molar-refractivity contribution is 5.51. The molecule has 0 saturated carbocycles. The lowest BCUT2D eigenvalue weighted by Gasteiger charge is -2.12. The van der Waals surface area contributed by atoms with Crippen molar-refractivity contribution in [3.63, 3.8) is 0 Å². The van der Waals surface area contributed by atoms with Gasteiger partial charge in [-0.1, -0.05) is 38.5 Å². The van der Waals surface area contributed by atoms with Gasteiger partial charge in [0.2, 0.25) is 0 Å². The number of para-hydroxylation sites is 1. The fourth-order valence-corrected chi connectivity index (χ4v) is 2.30. The fourth-order valence-electron chi connectivity index (χ4n) is 2.30. The van der Waals surface area contributed by atoms with E-state index < -0.39 is 0 Å². The molecule has 1 N–H and O–H groups in total. The van der Waals surface area contributed by atoms with Gasteiger partial charge in [0.05, 0.1) is 18.6 Å². The number of aromatic nitrogens is 2. The van der Waals surface area contributed by atoms with E-state index in [0.717, 1.165) is 25.9 Å². The van der Waals surface area contributed by atoms with Crippen molar-refractivity contribution in [3.05, 3.63) is 48.0 Å². The molecule has 0 amide bonds. The Balaban J connectivity index is 2.03. The van der Waals surface area contributed by atoms with Gasteiger partial charge in [-0.15, -0.1) is 0 Å². The normalized spacial score (nSPS) is 10.6. The number of benzene rings is 1. The number of anilines is 1. The topological polar surface area (TPSA) is 29.9 Å². The van der Waals surface area contributed by atoms with Crippen LogP contribution in [0.2, 0.25) is 0 Å². The first-order valence-corrected chi connectivity index (χ1v) is 7.16. The minimum atomic E-state index is 0.834. The second-order valence-electron chi connectivity index (χ2n) is 4.84. The Hall–Kier alpha value is -1.77. The second-order valence-corrected chi connectivity index (χ2v) is 4.84. The van der Waals surface area contributed by atoms with E-state index in [4.69, 9.17) is 0 Å². The van der Waals surface area contributed by atoms with E-state index in [9.17, 15) is 0 Å². The van der Waals surface area contributed by atoms with Crippen molar-refractivity contribution >= 4 is 5.69 Å². The molecule has 0 saturated heterocycles. The van der Waals surface area contributed by atoms with Gasteiger partial charge >= 0.3 is 0 Å². The molecule has 2 rings (SSSR count). The first-order chi connectivity index (χ1) is 9.35. The lowest BCUT2D eigenvalue weighted by Crippen LogP contribution is -2.08. The van der Waals surface area contributed by atoms with Gasteiger partial charge in [0.25, 0.3) is 0 Å². The Labute approximate surface area is 115 Å². The summed E-state index contributed by atoms with van der Waals surface area (Å²) in [4.78, 5) is 4.23. The van der Waals surface area contributed by atoms with Crippen LogP contribution in [0.25, 0.3) is 0 Å². The van der Waals surface area contributed by atoms with E-state index in [0.29, 0.717) is 0 Å². The lowest BCUT2D eigenvalue weighted by atomic mass is 10.1. The monoisotopic (exact) mass is 257 g/mol. The standard InChI is InChI=1S/C16H23N3/c1-3-7-14-8-5-6-9-16(14)18-12-15-11-17-13-19(15)10-4-2/h5-6,8-9,11,13,18H,3-4,7,10,12H2,1-2H3. The Bertz CT molecular complexity index is 502. The summed E-state index contributed by atoms with van der Waals surface area (Å²) in [6.45, 7) is 6.27. The van der Waals surface area contributed by atoms with E-state index in [-0.39, 0.29) is 0 Å². The molecule has 0 spiro atoms. The van der Waals surface area contributed by atoms with Crippen LogP contribution in [0.3, 0.4) is 0 Å². The molecule has 3 heteroatoms. The minimum absolute atomic E-state index is 0.834. The summed E-state index contributed by atoms with van der Waals surface area (Å²) in [5.41, 5.74) is 3.88. The zero-order valence-corrected chi connectivity index (χ0v) is 11.9. The minimum Gasteiger partial charge on any atom is -0.379 e. The Morgan fingerprint density at radius 2 is 2.00 bits per heavy atom. The van der Waals surface area contributed by atoms with Crippen LogP contribution in [0.1, 0.15) is 37.9 Å². The molecular weight excluding hydrogens is 234 g/mol. The van der Waals surface area contributed by atoms with Gasteiger partial charge in [-0.05, 0) is 24.5 Å². The summed E-state index contributed by atoms with van der Waals surface area (Å²) in [5, 5.41) is 3.54. The molecule has 0 unspecified atom stereocenters. The number of aryl methyl sites for hydroxylation is 2. The Kier molecular flexibility index (Phi) is 5.01. The molecule has 0 aliphatic heterocycles. The van der Waals surface area contributed by atoms with E-state index >= 15 is 0 Å². The summed E-state index contributed by atoms with van der Waals surface area (Å²) < 4.78 is 2.22. The molecule has 102 valence electrons. The molecule has 0 aliphatic rings. The summed E-state index contributed by atoms with van der Waals surface area (Å²) in [6, 6.07) is 8.56. The molecule has 0 fully saturated rings. The van der Waals surface area contributed by atoms with Crippen molar-refractivity contribution in [2.75, 3.05) is 5.32 Å². The van der Waals surface area contributed by atoms with Crippen LogP contribution < -0.4 is 5.32 Å². The van der Waals surface area contributed by atoms with Crippen LogP contribution in [-0.4, -0.2) is 9.55 Å². The molecule has 1 aromatic heterocycles. The van der Waals surface area contributed by atoms with E-state index in [1.165, 1.54) is 23.4 Å². The third kappa shape index (κ3) is 3.60. The molecule has 3 nitrogen and oxygen atoms in total. The number of imidazole rings is 1. The second kappa shape index (κ2) is 6.98. The van der Waals surface area contributed by atoms with E-state index in [1.54, 1.807) is 0 Å². The predicted molar refractivity (Wildman–Crippen MR) is 80.3 cm³/mol. The summed E-state index contributed by atoms with van der Waals surface area (Å²) in [6.07, 6.45) is 7.29. The first kappa shape index (κ1) is 13.7. The average molecular weight is 257 g/mol. The van der Waals surface area contributed by atoms with Crippen LogP contribution in [-0.2, 0) is 19.5 Å². The van der Waals surface area contributed by atoms with Crippen molar-refractivity contribution in [2.24, 2.45) is 0 Å². The SMILES string of the molecule is CCCc1ccccc1NCc1cncn1CCC. The molecular formula is C16H23N3. The van der Waals surface area contributed by atoms with Gasteiger partial charge in [-0.2, -0.15) is 0 Å². The van der Waals surface area contributed by atoms with Gasteiger partial charge in [-0.25, -0.2) is 4.98 Å². The van der Waals surface area contributed by atoms with E-state index in [1.807, 2.05) is 12.5 Å². The maximum atomic E-state index is 4.23. The highest BCUT2D eigenvalue weighted by Crippen LogP contribution is 2.17. The highest BCUT2D eigenvalue weighted by Gasteiger charge is 2.03. The van der Waals surface area contributed by atoms with E-state index in [2.05, 4.69) is 53.0 Å². The largest absolute Gasteiger partial charge is 0.379 e. The fraction of sp³-hybridized carbons (Fsp3) is 0.438. The number of nitrogens with one attached hydrogen (secondary N) is 1. The van der Waals surface area contributed by atoms with Crippen molar-refractivity contribution in [1.29, 1.82) is 0 Å². The van der Waals surface area contributed by atoms with Crippen LogP contribution in [0.15, 0.2) is 36.8 Å². The van der Waals surface area contributed by atoms with Crippen molar-refractivity contribution < 1.29 is 0 Å². The number of rotatable bonds is 7. The number of nitrogens with zero attached hydrogens (tertiary/aromatic N) is 2. The summed E-state index contributed by atoms with van der Waals surface area (Å²) >= 11 is 0. The number of hydrogen-bond donors (Lipinski definition) is 1. The van der Waals surface area contributed by atoms with Crippen LogP contribution in [0.5, 0.6) is 0 Å². The zero-order valence-electron chi connectivity index (χ0n) is 11.9. The first-order valence-electron chi connectivity index (χ1n) is 7.16. The van der Waals surface area contributed by atoms with Gasteiger partial charge in [0.15, 0.2) is 0 Å². The Morgan fingerprint density at radius 1 is 1.16 bits per heavy atom. The van der Waals surface area contributed by atoms with Gasteiger partial charge in [-0.3, -0.25) is 0 Å². The molecule has 0 aliphatic carbocycles. The Morgan fingerprint density at radius 3 is 2.79 bits per heavy atom. The van der Waals surface area contributed by atoms with Crippen molar-refractivity contribution in [3.8, 4) is 0 Å². The third-order valence-electron chi connectivity index (χ3n) is 3.26. The van der Waals surface area contributed by atoms with Crippen LogP contribution in [0.4, 0.5) is 5.69 Å². The zero-order chi connectivity index (χ0) is 13.5. The smallest absolute Gasteiger partial charge is 0.0948 e. The summed E-state index contributed by atoms with van der Waals surface area (Å²) in [7, 11) is 0. The molecule has 0 bridgehead atoms. The van der Waals surface area contributed by atoms with Gasteiger partial charge in [0.1, 0.15) is 0 Å². The van der Waals surface area contributed by atoms with Gasteiger partial charge < -0.3 is 9.88 Å². The molecule has 0 atom stereocenters. The maximum Gasteiger partial charge on any atom is 0.0948 e. The van der Waals surface area contributed by atoms with Crippen molar-refractivity contribution in [1.82, 2.24) is 9.55 Å². The van der Waals surface area contributed by atoms with Crippen LogP contribution >= 0.6 is 0 Å². The quantitative estimate of drug-likeness (QED) is 0.816. The number of hydrogen-bond acceptors (Lipinski definition) is 2. The predicted octanol–water partition coefficient (Wildman–Crippen LogP) is 3.86. The lowest BCUT2D eigenvalue weighted by molar-refractivity contribution is 0.651. The molecule has 0 radical (unpaired) electrons.